The second-order valence-corrected chi connectivity index (χ2v) is 10.2. The van der Waals surface area contributed by atoms with E-state index in [2.05, 4.69) is 38.3 Å². The SMILES string of the molecule is NC(=O)C1CCCN1c1ccc(-c2ccnc(Nc3ccc(N4CCOCC4)c(OCc4ccccc4)c3)n2)cc1. The molecule has 1 amide bonds. The Hall–Kier alpha value is -4.63. The zero-order valence-electron chi connectivity index (χ0n) is 22.9. The smallest absolute Gasteiger partial charge is 0.240 e. The summed E-state index contributed by atoms with van der Waals surface area (Å²) in [5, 5.41) is 3.35. The number of primary amides is 1. The molecule has 3 aromatic carbocycles. The van der Waals surface area contributed by atoms with Crippen molar-refractivity contribution in [2.24, 2.45) is 5.73 Å². The fourth-order valence-corrected chi connectivity index (χ4v) is 5.41. The first-order chi connectivity index (χ1) is 20.1. The Morgan fingerprint density at radius 3 is 2.59 bits per heavy atom. The molecular weight excluding hydrogens is 516 g/mol. The summed E-state index contributed by atoms with van der Waals surface area (Å²) in [5.41, 5.74) is 11.3. The molecule has 1 unspecified atom stereocenters. The van der Waals surface area contributed by atoms with Crippen LogP contribution in [0.3, 0.4) is 0 Å². The van der Waals surface area contributed by atoms with Gasteiger partial charge in [-0.1, -0.05) is 42.5 Å². The number of carbonyl (C=O) groups excluding carboxylic acids is 1. The number of morpholine rings is 1. The lowest BCUT2D eigenvalue weighted by atomic mass is 10.1. The Labute approximate surface area is 239 Å². The van der Waals surface area contributed by atoms with Crippen LogP contribution in [0.15, 0.2) is 85.1 Å². The lowest BCUT2D eigenvalue weighted by Gasteiger charge is -2.30. The van der Waals surface area contributed by atoms with Crippen molar-refractivity contribution in [3.05, 3.63) is 90.6 Å². The first-order valence-corrected chi connectivity index (χ1v) is 14.0. The quantitative estimate of drug-likeness (QED) is 0.307. The van der Waals surface area contributed by atoms with E-state index in [0.717, 1.165) is 72.1 Å². The van der Waals surface area contributed by atoms with E-state index in [9.17, 15) is 4.79 Å². The van der Waals surface area contributed by atoms with Gasteiger partial charge in [-0.05, 0) is 48.7 Å². The highest BCUT2D eigenvalue weighted by atomic mass is 16.5. The molecule has 0 bridgehead atoms. The van der Waals surface area contributed by atoms with E-state index < -0.39 is 0 Å². The topological polar surface area (TPSA) is 106 Å². The van der Waals surface area contributed by atoms with Gasteiger partial charge in [0, 0.05) is 48.8 Å². The van der Waals surface area contributed by atoms with Gasteiger partial charge in [0.2, 0.25) is 11.9 Å². The van der Waals surface area contributed by atoms with Gasteiger partial charge < -0.3 is 30.3 Å². The number of amides is 1. The predicted molar refractivity (Wildman–Crippen MR) is 161 cm³/mol. The number of nitrogens with one attached hydrogen (secondary N) is 1. The summed E-state index contributed by atoms with van der Waals surface area (Å²) in [6, 6.07) is 26.0. The molecule has 2 aliphatic rings. The van der Waals surface area contributed by atoms with Crippen LogP contribution in [-0.4, -0.2) is 54.8 Å². The molecule has 0 radical (unpaired) electrons. The summed E-state index contributed by atoms with van der Waals surface area (Å²) in [4.78, 5) is 25.4. The minimum atomic E-state index is -0.273. The monoisotopic (exact) mass is 550 g/mol. The van der Waals surface area contributed by atoms with Crippen molar-refractivity contribution in [1.29, 1.82) is 0 Å². The number of rotatable bonds is 9. The van der Waals surface area contributed by atoms with Gasteiger partial charge in [0.1, 0.15) is 18.4 Å². The minimum Gasteiger partial charge on any atom is -0.487 e. The van der Waals surface area contributed by atoms with Crippen LogP contribution in [0.25, 0.3) is 11.3 Å². The van der Waals surface area contributed by atoms with Crippen molar-refractivity contribution in [2.45, 2.75) is 25.5 Å². The normalized spacial score (nSPS) is 16.9. The van der Waals surface area contributed by atoms with Gasteiger partial charge in [-0.2, -0.15) is 0 Å². The lowest BCUT2D eigenvalue weighted by Crippen LogP contribution is -2.40. The highest BCUT2D eigenvalue weighted by Gasteiger charge is 2.29. The van der Waals surface area contributed by atoms with Gasteiger partial charge in [0.15, 0.2) is 0 Å². The third-order valence-corrected chi connectivity index (χ3v) is 7.54. The third-order valence-electron chi connectivity index (χ3n) is 7.54. The number of hydrogen-bond donors (Lipinski definition) is 2. The fourth-order valence-electron chi connectivity index (χ4n) is 5.41. The van der Waals surface area contributed by atoms with Gasteiger partial charge in [0.25, 0.3) is 0 Å². The van der Waals surface area contributed by atoms with Gasteiger partial charge in [-0.3, -0.25) is 4.79 Å². The van der Waals surface area contributed by atoms with Crippen LogP contribution in [0.2, 0.25) is 0 Å². The summed E-state index contributed by atoms with van der Waals surface area (Å²) >= 11 is 0. The van der Waals surface area contributed by atoms with E-state index in [0.29, 0.717) is 25.8 Å². The molecule has 0 saturated carbocycles. The molecule has 41 heavy (non-hydrogen) atoms. The molecule has 9 nitrogen and oxygen atoms in total. The number of carbonyl (C=O) groups is 1. The molecule has 3 heterocycles. The number of aromatic nitrogens is 2. The van der Waals surface area contributed by atoms with Crippen LogP contribution in [0.4, 0.5) is 23.0 Å². The molecule has 4 aromatic rings. The molecule has 2 aliphatic heterocycles. The molecule has 1 aromatic heterocycles. The van der Waals surface area contributed by atoms with Crippen molar-refractivity contribution in [3.63, 3.8) is 0 Å². The Morgan fingerprint density at radius 2 is 1.80 bits per heavy atom. The standard InChI is InChI=1S/C32H34N6O3/c33-31(39)29-7-4-16-38(29)26-11-8-24(9-12-26)27-14-15-34-32(36-27)35-25-10-13-28(37-17-19-40-20-18-37)30(21-25)41-22-23-5-2-1-3-6-23/h1-3,5-6,8-15,21,29H,4,7,16-20,22H2,(H2,33,39)(H,34,35,36). The average molecular weight is 551 g/mol. The van der Waals surface area contributed by atoms with Crippen molar-refractivity contribution >= 4 is 28.9 Å². The first kappa shape index (κ1) is 26.6. The molecular formula is C32H34N6O3. The van der Waals surface area contributed by atoms with Crippen LogP contribution in [0.1, 0.15) is 18.4 Å². The number of ether oxygens (including phenoxy) is 2. The Balaban J connectivity index is 1.20. The molecule has 2 fully saturated rings. The van der Waals surface area contributed by atoms with E-state index in [1.54, 1.807) is 6.20 Å². The fraction of sp³-hybridized carbons (Fsp3) is 0.281. The van der Waals surface area contributed by atoms with Gasteiger partial charge in [-0.15, -0.1) is 0 Å². The number of hydrogen-bond acceptors (Lipinski definition) is 8. The summed E-state index contributed by atoms with van der Waals surface area (Å²) in [6.07, 6.45) is 3.50. The van der Waals surface area contributed by atoms with Crippen LogP contribution < -0.4 is 25.6 Å². The predicted octanol–water partition coefficient (Wildman–Crippen LogP) is 4.76. The number of nitrogens with two attached hydrogens (primary N) is 1. The summed E-state index contributed by atoms with van der Waals surface area (Å²) in [6.45, 7) is 4.34. The minimum absolute atomic E-state index is 0.244. The van der Waals surface area contributed by atoms with E-state index in [1.807, 2.05) is 60.7 Å². The summed E-state index contributed by atoms with van der Waals surface area (Å²) in [5.74, 6) is 1.02. The highest BCUT2D eigenvalue weighted by Crippen LogP contribution is 2.34. The second-order valence-electron chi connectivity index (χ2n) is 10.2. The maximum Gasteiger partial charge on any atom is 0.240 e. The van der Waals surface area contributed by atoms with Gasteiger partial charge in [-0.25, -0.2) is 9.97 Å². The van der Waals surface area contributed by atoms with Crippen molar-refractivity contribution < 1.29 is 14.3 Å². The summed E-state index contributed by atoms with van der Waals surface area (Å²) < 4.78 is 11.9. The molecule has 0 spiro atoms. The first-order valence-electron chi connectivity index (χ1n) is 14.0. The van der Waals surface area contributed by atoms with E-state index >= 15 is 0 Å². The average Bonchev–Trinajstić information content (AvgIpc) is 3.52. The van der Waals surface area contributed by atoms with Gasteiger partial charge in [0.05, 0.1) is 24.6 Å². The van der Waals surface area contributed by atoms with Crippen LogP contribution in [-0.2, 0) is 16.1 Å². The van der Waals surface area contributed by atoms with Crippen molar-refractivity contribution in [3.8, 4) is 17.0 Å². The molecule has 3 N–H and O–H groups in total. The number of anilines is 4. The number of benzene rings is 3. The Morgan fingerprint density at radius 1 is 1.00 bits per heavy atom. The van der Waals surface area contributed by atoms with Crippen molar-refractivity contribution in [2.75, 3.05) is 48.0 Å². The van der Waals surface area contributed by atoms with E-state index in [-0.39, 0.29) is 11.9 Å². The molecule has 210 valence electrons. The maximum absolute atomic E-state index is 11.8. The number of nitrogens with zero attached hydrogens (tertiary/aromatic N) is 4. The molecule has 1 atom stereocenters. The highest BCUT2D eigenvalue weighted by molar-refractivity contribution is 5.84. The van der Waals surface area contributed by atoms with Crippen LogP contribution in [0.5, 0.6) is 5.75 Å². The third kappa shape index (κ3) is 6.25. The van der Waals surface area contributed by atoms with E-state index in [1.165, 1.54) is 0 Å². The molecule has 2 saturated heterocycles. The van der Waals surface area contributed by atoms with Crippen LogP contribution >= 0.6 is 0 Å². The zero-order valence-corrected chi connectivity index (χ0v) is 22.9. The Kier molecular flexibility index (Phi) is 7.95. The van der Waals surface area contributed by atoms with E-state index in [4.69, 9.17) is 20.2 Å². The molecule has 0 aliphatic carbocycles. The molecule has 6 rings (SSSR count). The van der Waals surface area contributed by atoms with Gasteiger partial charge >= 0.3 is 0 Å². The lowest BCUT2D eigenvalue weighted by molar-refractivity contribution is -0.119. The zero-order chi connectivity index (χ0) is 28.0. The molecule has 9 heteroatoms. The maximum atomic E-state index is 11.8. The summed E-state index contributed by atoms with van der Waals surface area (Å²) in [7, 11) is 0. The second kappa shape index (κ2) is 12.3. The van der Waals surface area contributed by atoms with Crippen molar-refractivity contribution in [1.82, 2.24) is 9.97 Å². The largest absolute Gasteiger partial charge is 0.487 e. The Bertz CT molecular complexity index is 1470. The van der Waals surface area contributed by atoms with Crippen LogP contribution in [0, 0.1) is 0 Å².